The Morgan fingerprint density at radius 2 is 1.63 bits per heavy atom. The Balaban J connectivity index is 1.28. The molecular weight excluding hydrogens is 377 g/mol. The molecule has 6 rings (SSSR count). The monoisotopic (exact) mass is 407 g/mol. The summed E-state index contributed by atoms with van der Waals surface area (Å²) >= 11 is 0. The van der Waals surface area contributed by atoms with Crippen molar-refractivity contribution in [3.05, 3.63) is 65.5 Å². The van der Waals surface area contributed by atoms with Crippen LogP contribution in [0, 0.1) is 29.0 Å². The van der Waals surface area contributed by atoms with E-state index in [1.807, 2.05) is 24.3 Å². The maximum Gasteiger partial charge on any atom is 0.255 e. The molecule has 4 heteroatoms. The van der Waals surface area contributed by atoms with Crippen molar-refractivity contribution in [1.29, 1.82) is 0 Å². The van der Waals surface area contributed by atoms with Crippen LogP contribution in [0.25, 0.3) is 0 Å². The summed E-state index contributed by atoms with van der Waals surface area (Å²) in [5.41, 5.74) is 1.71. The van der Waals surface area contributed by atoms with E-state index < -0.39 is 0 Å². The van der Waals surface area contributed by atoms with Crippen molar-refractivity contribution < 1.29 is 13.9 Å². The van der Waals surface area contributed by atoms with Crippen molar-refractivity contribution in [2.75, 3.05) is 0 Å². The van der Waals surface area contributed by atoms with Gasteiger partial charge >= 0.3 is 0 Å². The summed E-state index contributed by atoms with van der Waals surface area (Å²) in [6, 6.07) is 13.8. The lowest BCUT2D eigenvalue weighted by Crippen LogP contribution is -2.55. The molecule has 2 aromatic carbocycles. The second-order valence-electron chi connectivity index (χ2n) is 9.89. The summed E-state index contributed by atoms with van der Waals surface area (Å²) in [6.07, 6.45) is 8.01. The Labute approximate surface area is 178 Å². The lowest BCUT2D eigenvalue weighted by atomic mass is 9.48. The van der Waals surface area contributed by atoms with Gasteiger partial charge in [-0.1, -0.05) is 24.3 Å². The fourth-order valence-electron chi connectivity index (χ4n) is 6.66. The zero-order valence-electron chi connectivity index (χ0n) is 17.6. The largest absolute Gasteiger partial charge is 0.488 e. The van der Waals surface area contributed by atoms with Crippen LogP contribution in [-0.4, -0.2) is 11.9 Å². The minimum atomic E-state index is -0.266. The molecule has 4 bridgehead atoms. The number of ether oxygens (including phenoxy) is 1. The predicted octanol–water partition coefficient (Wildman–Crippen LogP) is 5.74. The second-order valence-corrected chi connectivity index (χ2v) is 9.89. The van der Waals surface area contributed by atoms with Crippen LogP contribution in [0.3, 0.4) is 0 Å². The number of carbonyl (C=O) groups is 1. The molecule has 0 heterocycles. The number of hydrogen-bond donors (Lipinski definition) is 1. The van der Waals surface area contributed by atoms with Gasteiger partial charge in [0.05, 0.1) is 5.56 Å². The van der Waals surface area contributed by atoms with Gasteiger partial charge in [-0.2, -0.15) is 0 Å². The normalized spacial score (nSPS) is 30.1. The van der Waals surface area contributed by atoms with Gasteiger partial charge < -0.3 is 10.1 Å². The average molecular weight is 408 g/mol. The number of benzene rings is 2. The molecule has 1 N–H and O–H groups in total. The fourth-order valence-corrected chi connectivity index (χ4v) is 6.66. The van der Waals surface area contributed by atoms with E-state index in [2.05, 4.69) is 12.2 Å². The molecule has 1 amide bonds. The van der Waals surface area contributed by atoms with Gasteiger partial charge in [-0.05, 0) is 98.4 Å². The van der Waals surface area contributed by atoms with Gasteiger partial charge in [0.1, 0.15) is 18.2 Å². The van der Waals surface area contributed by atoms with Crippen LogP contribution in [0.4, 0.5) is 4.39 Å². The fraction of sp³-hybridized carbons (Fsp3) is 0.500. The van der Waals surface area contributed by atoms with Crippen molar-refractivity contribution >= 4 is 5.91 Å². The molecule has 4 saturated carbocycles. The van der Waals surface area contributed by atoms with E-state index in [1.165, 1.54) is 50.7 Å². The molecule has 0 unspecified atom stereocenters. The Morgan fingerprint density at radius 1 is 1.03 bits per heavy atom. The Hall–Kier alpha value is -2.36. The van der Waals surface area contributed by atoms with E-state index in [0.717, 1.165) is 23.3 Å². The van der Waals surface area contributed by atoms with Gasteiger partial charge in [0.2, 0.25) is 0 Å². The lowest BCUT2D eigenvalue weighted by Gasteiger charge is -2.59. The molecular formula is C26H30FNO2. The molecule has 3 nitrogen and oxygen atoms in total. The second kappa shape index (κ2) is 7.72. The highest BCUT2D eigenvalue weighted by Gasteiger charge is 2.53. The summed E-state index contributed by atoms with van der Waals surface area (Å²) in [6.45, 7) is 2.50. The van der Waals surface area contributed by atoms with Gasteiger partial charge in [0, 0.05) is 6.04 Å². The number of halogens is 1. The van der Waals surface area contributed by atoms with Crippen molar-refractivity contribution in [2.24, 2.45) is 23.2 Å². The molecule has 4 aliphatic carbocycles. The molecule has 0 aliphatic heterocycles. The highest BCUT2D eigenvalue weighted by Crippen LogP contribution is 2.61. The zero-order valence-corrected chi connectivity index (χ0v) is 17.6. The highest BCUT2D eigenvalue weighted by atomic mass is 19.1. The minimum Gasteiger partial charge on any atom is -0.488 e. The molecule has 0 radical (unpaired) electrons. The van der Waals surface area contributed by atoms with Crippen LogP contribution < -0.4 is 10.1 Å². The maximum absolute atomic E-state index is 13.2. The van der Waals surface area contributed by atoms with Crippen molar-refractivity contribution in [3.8, 4) is 5.75 Å². The molecule has 158 valence electrons. The Bertz CT molecular complexity index is 888. The van der Waals surface area contributed by atoms with E-state index in [4.69, 9.17) is 4.74 Å². The minimum absolute atomic E-state index is 0.0621. The highest BCUT2D eigenvalue weighted by molar-refractivity contribution is 5.97. The molecule has 4 aliphatic rings. The van der Waals surface area contributed by atoms with Gasteiger partial charge in [0.25, 0.3) is 5.91 Å². The molecule has 4 fully saturated rings. The molecule has 2 aromatic rings. The number of rotatable bonds is 6. The van der Waals surface area contributed by atoms with E-state index in [1.54, 1.807) is 12.1 Å². The first kappa shape index (κ1) is 19.6. The molecule has 1 atom stereocenters. The number of nitrogens with one attached hydrogen (secondary N) is 1. The Morgan fingerprint density at radius 3 is 2.27 bits per heavy atom. The van der Waals surface area contributed by atoms with Gasteiger partial charge in [-0.3, -0.25) is 4.79 Å². The van der Waals surface area contributed by atoms with Crippen LogP contribution in [0.5, 0.6) is 5.75 Å². The average Bonchev–Trinajstić information content (AvgIpc) is 2.72. The van der Waals surface area contributed by atoms with Crippen LogP contribution in [-0.2, 0) is 6.61 Å². The van der Waals surface area contributed by atoms with Crippen molar-refractivity contribution in [3.63, 3.8) is 0 Å². The van der Waals surface area contributed by atoms with Crippen molar-refractivity contribution in [2.45, 2.75) is 58.1 Å². The summed E-state index contributed by atoms with van der Waals surface area (Å²) in [5.74, 6) is 2.83. The third kappa shape index (κ3) is 3.73. The van der Waals surface area contributed by atoms with Gasteiger partial charge in [0.15, 0.2) is 0 Å². The summed E-state index contributed by atoms with van der Waals surface area (Å²) in [5, 5.41) is 3.33. The standard InChI is InChI=1S/C26H30FNO2/c1-17(26-13-19-10-20(14-26)12-21(11-19)15-26)28-25(29)23-4-2-3-5-24(23)30-16-18-6-8-22(27)9-7-18/h2-9,17,19-21H,10-16H2,1H3,(H,28,29)/t17-,19?,20?,21?,26?/m0/s1. The third-order valence-electron chi connectivity index (χ3n) is 7.79. The van der Waals surface area contributed by atoms with E-state index in [-0.39, 0.29) is 23.2 Å². The quantitative estimate of drug-likeness (QED) is 0.663. The number of carbonyl (C=O) groups excluding carboxylic acids is 1. The lowest BCUT2D eigenvalue weighted by molar-refractivity contribution is -0.0688. The topological polar surface area (TPSA) is 38.3 Å². The summed E-state index contributed by atoms with van der Waals surface area (Å²) in [7, 11) is 0. The number of hydrogen-bond acceptors (Lipinski definition) is 2. The molecule has 0 saturated heterocycles. The predicted molar refractivity (Wildman–Crippen MR) is 115 cm³/mol. The number of para-hydroxylation sites is 1. The van der Waals surface area contributed by atoms with Crippen LogP contribution in [0.1, 0.15) is 61.4 Å². The van der Waals surface area contributed by atoms with Crippen molar-refractivity contribution in [1.82, 2.24) is 5.32 Å². The molecule has 30 heavy (non-hydrogen) atoms. The van der Waals surface area contributed by atoms with E-state index in [0.29, 0.717) is 17.9 Å². The van der Waals surface area contributed by atoms with Crippen LogP contribution >= 0.6 is 0 Å². The zero-order chi connectivity index (χ0) is 20.7. The maximum atomic E-state index is 13.2. The first-order valence-electron chi connectivity index (χ1n) is 11.3. The van der Waals surface area contributed by atoms with Gasteiger partial charge in [-0.25, -0.2) is 4.39 Å². The Kier molecular flexibility index (Phi) is 5.04. The summed E-state index contributed by atoms with van der Waals surface area (Å²) in [4.78, 5) is 13.2. The third-order valence-corrected chi connectivity index (χ3v) is 7.79. The van der Waals surface area contributed by atoms with E-state index in [9.17, 15) is 9.18 Å². The first-order chi connectivity index (χ1) is 14.5. The van der Waals surface area contributed by atoms with Crippen LogP contribution in [0.15, 0.2) is 48.5 Å². The molecule has 0 aromatic heterocycles. The smallest absolute Gasteiger partial charge is 0.255 e. The van der Waals surface area contributed by atoms with Crippen LogP contribution in [0.2, 0.25) is 0 Å². The first-order valence-corrected chi connectivity index (χ1v) is 11.3. The summed E-state index contributed by atoms with van der Waals surface area (Å²) < 4.78 is 19.0. The van der Waals surface area contributed by atoms with Gasteiger partial charge in [-0.15, -0.1) is 0 Å². The van der Waals surface area contributed by atoms with E-state index >= 15 is 0 Å². The number of amides is 1. The SMILES string of the molecule is C[C@H](NC(=O)c1ccccc1OCc1ccc(F)cc1)C12CC3CC(CC(C3)C1)C2. The molecule has 0 spiro atoms.